The first-order valence-corrected chi connectivity index (χ1v) is 4.07. The van der Waals surface area contributed by atoms with E-state index in [1.165, 1.54) is 0 Å². The topological polar surface area (TPSA) is 48.8 Å². The maximum Gasteiger partial charge on any atom is 0.0443 e. The van der Waals surface area contributed by atoms with E-state index in [1.807, 2.05) is 29.0 Å². The molecule has 1 heterocycles. The van der Waals surface area contributed by atoms with Crippen LogP contribution in [0, 0.1) is 0 Å². The summed E-state index contributed by atoms with van der Waals surface area (Å²) in [4.78, 5) is 2.63. The van der Waals surface area contributed by atoms with Gasteiger partial charge in [-0.2, -0.15) is 11.3 Å². The lowest BCUT2D eigenvalue weighted by molar-refractivity contribution is 1.22. The van der Waals surface area contributed by atoms with E-state index < -0.39 is 0 Å². The molecule has 0 aliphatic heterocycles. The molecule has 1 rings (SSSR count). The van der Waals surface area contributed by atoms with Crippen molar-refractivity contribution in [2.75, 3.05) is 6.54 Å². The van der Waals surface area contributed by atoms with Gasteiger partial charge in [-0.15, -0.1) is 0 Å². The van der Waals surface area contributed by atoms with Crippen LogP contribution in [-0.4, -0.2) is 6.54 Å². The summed E-state index contributed by atoms with van der Waals surface area (Å²) in [5, 5.41) is 7.41. The minimum atomic E-state index is 0.423. The molecule has 1 aromatic rings. The smallest absolute Gasteiger partial charge is 0.0443 e. The Hall–Kier alpha value is -1.25. The number of rotatable bonds is 3. The second kappa shape index (κ2) is 4.55. The van der Waals surface area contributed by atoms with Crippen LogP contribution in [0.15, 0.2) is 28.0 Å². The summed E-state index contributed by atoms with van der Waals surface area (Å²) in [5.41, 5.74) is 9.11. The van der Waals surface area contributed by atoms with Gasteiger partial charge in [0.05, 0.1) is 0 Å². The largest absolute Gasteiger partial charge is 0.152 e. The highest BCUT2D eigenvalue weighted by molar-refractivity contribution is 7.08. The van der Waals surface area contributed by atoms with Gasteiger partial charge >= 0.3 is 0 Å². The molecule has 0 saturated heterocycles. The van der Waals surface area contributed by atoms with Crippen molar-refractivity contribution < 1.29 is 0 Å². The van der Waals surface area contributed by atoms with Gasteiger partial charge in [0.25, 0.3) is 0 Å². The highest BCUT2D eigenvalue weighted by Gasteiger charge is 1.82. The maximum atomic E-state index is 7.95. The van der Waals surface area contributed by atoms with Gasteiger partial charge in [0.15, 0.2) is 0 Å². The standard InChI is InChI=1S/C7H7N3S/c8-10-9-4-1-2-7-3-5-11-6-7/h1-3,5-6H,4H2. The second-order valence-corrected chi connectivity index (χ2v) is 2.65. The van der Waals surface area contributed by atoms with Gasteiger partial charge in [0.1, 0.15) is 0 Å². The molecule has 0 saturated carbocycles. The zero-order valence-electron chi connectivity index (χ0n) is 5.84. The third-order valence-electron chi connectivity index (χ3n) is 1.10. The van der Waals surface area contributed by atoms with E-state index >= 15 is 0 Å². The van der Waals surface area contributed by atoms with E-state index in [0.29, 0.717) is 6.54 Å². The Labute approximate surface area is 68.6 Å². The highest BCUT2D eigenvalue weighted by atomic mass is 32.1. The van der Waals surface area contributed by atoms with E-state index in [4.69, 9.17) is 5.53 Å². The first-order valence-electron chi connectivity index (χ1n) is 3.13. The molecule has 11 heavy (non-hydrogen) atoms. The number of nitrogens with zero attached hydrogens (tertiary/aromatic N) is 3. The third-order valence-corrected chi connectivity index (χ3v) is 1.81. The number of thiophene rings is 1. The van der Waals surface area contributed by atoms with Gasteiger partial charge in [-0.05, 0) is 27.9 Å². The number of azide groups is 1. The van der Waals surface area contributed by atoms with Crippen molar-refractivity contribution in [2.45, 2.75) is 0 Å². The summed E-state index contributed by atoms with van der Waals surface area (Å²) in [6, 6.07) is 2.01. The van der Waals surface area contributed by atoms with Crippen LogP contribution in [0.5, 0.6) is 0 Å². The third kappa shape index (κ3) is 2.89. The molecule has 0 N–H and O–H groups in total. The van der Waals surface area contributed by atoms with Crippen molar-refractivity contribution >= 4 is 17.4 Å². The molecule has 4 heteroatoms. The van der Waals surface area contributed by atoms with E-state index in [0.717, 1.165) is 5.56 Å². The summed E-state index contributed by atoms with van der Waals surface area (Å²) in [6.07, 6.45) is 3.77. The average molecular weight is 165 g/mol. The zero-order valence-corrected chi connectivity index (χ0v) is 6.66. The fraction of sp³-hybridized carbons (Fsp3) is 0.143. The molecule has 0 aromatic carbocycles. The van der Waals surface area contributed by atoms with Crippen LogP contribution < -0.4 is 0 Å². The van der Waals surface area contributed by atoms with Gasteiger partial charge < -0.3 is 0 Å². The fourth-order valence-electron chi connectivity index (χ4n) is 0.642. The van der Waals surface area contributed by atoms with Gasteiger partial charge in [-0.25, -0.2) is 0 Å². The first-order chi connectivity index (χ1) is 5.43. The van der Waals surface area contributed by atoms with Crippen LogP contribution >= 0.6 is 11.3 Å². The molecular weight excluding hydrogens is 158 g/mol. The van der Waals surface area contributed by atoms with Gasteiger partial charge in [0.2, 0.25) is 0 Å². The van der Waals surface area contributed by atoms with Gasteiger partial charge in [-0.1, -0.05) is 17.3 Å². The van der Waals surface area contributed by atoms with Crippen LogP contribution in [0.3, 0.4) is 0 Å². The van der Waals surface area contributed by atoms with Crippen molar-refractivity contribution in [3.63, 3.8) is 0 Å². The summed E-state index contributed by atoms with van der Waals surface area (Å²) < 4.78 is 0. The molecule has 0 radical (unpaired) electrons. The van der Waals surface area contributed by atoms with E-state index in [1.54, 1.807) is 11.3 Å². The predicted octanol–water partition coefficient (Wildman–Crippen LogP) is 3.07. The lowest BCUT2D eigenvalue weighted by atomic mass is 10.3. The van der Waals surface area contributed by atoms with Crippen molar-refractivity contribution in [1.29, 1.82) is 0 Å². The molecule has 0 bridgehead atoms. The van der Waals surface area contributed by atoms with Crippen molar-refractivity contribution in [2.24, 2.45) is 5.11 Å². The highest BCUT2D eigenvalue weighted by Crippen LogP contribution is 2.07. The number of hydrogen-bond acceptors (Lipinski definition) is 2. The van der Waals surface area contributed by atoms with E-state index in [2.05, 4.69) is 10.0 Å². The second-order valence-electron chi connectivity index (χ2n) is 1.87. The van der Waals surface area contributed by atoms with Crippen LogP contribution in [0.4, 0.5) is 0 Å². The summed E-state index contributed by atoms with van der Waals surface area (Å²) in [7, 11) is 0. The Bertz CT molecular complexity index is 270. The Kier molecular flexibility index (Phi) is 3.25. The van der Waals surface area contributed by atoms with E-state index in [9.17, 15) is 0 Å². The molecule has 0 amide bonds. The zero-order chi connectivity index (χ0) is 7.94. The van der Waals surface area contributed by atoms with Crippen LogP contribution in [-0.2, 0) is 0 Å². The summed E-state index contributed by atoms with van der Waals surface area (Å²) in [5.74, 6) is 0. The molecule has 56 valence electrons. The lowest BCUT2D eigenvalue weighted by Gasteiger charge is -1.79. The molecule has 0 spiro atoms. The normalized spacial score (nSPS) is 9.82. The van der Waals surface area contributed by atoms with Crippen molar-refractivity contribution in [3.8, 4) is 0 Å². The molecule has 3 nitrogen and oxygen atoms in total. The van der Waals surface area contributed by atoms with E-state index in [-0.39, 0.29) is 0 Å². The molecular formula is C7H7N3S. The molecule has 1 aromatic heterocycles. The molecule has 0 fully saturated rings. The quantitative estimate of drug-likeness (QED) is 0.375. The Morgan fingerprint density at radius 1 is 1.73 bits per heavy atom. The van der Waals surface area contributed by atoms with Crippen LogP contribution in [0.1, 0.15) is 5.56 Å². The Balaban J connectivity index is 2.42. The average Bonchev–Trinajstić information content (AvgIpc) is 2.50. The SMILES string of the molecule is [N-]=[N+]=NCC=Cc1ccsc1. The fourth-order valence-corrected chi connectivity index (χ4v) is 1.27. The monoisotopic (exact) mass is 165 g/mol. The molecule has 0 unspecified atom stereocenters. The molecule has 0 aliphatic carbocycles. The van der Waals surface area contributed by atoms with Gasteiger partial charge in [-0.3, -0.25) is 0 Å². The van der Waals surface area contributed by atoms with Crippen LogP contribution in [0.2, 0.25) is 0 Å². The number of hydrogen-bond donors (Lipinski definition) is 0. The predicted molar refractivity (Wildman–Crippen MR) is 47.4 cm³/mol. The molecule has 0 atom stereocenters. The van der Waals surface area contributed by atoms with Gasteiger partial charge in [0, 0.05) is 11.5 Å². The first kappa shape index (κ1) is 7.85. The summed E-state index contributed by atoms with van der Waals surface area (Å²) >= 11 is 1.65. The van der Waals surface area contributed by atoms with Crippen LogP contribution in [0.25, 0.3) is 16.5 Å². The van der Waals surface area contributed by atoms with Crippen molar-refractivity contribution in [3.05, 3.63) is 38.9 Å². The maximum absolute atomic E-state index is 7.95. The lowest BCUT2D eigenvalue weighted by Crippen LogP contribution is -1.66. The Morgan fingerprint density at radius 2 is 2.64 bits per heavy atom. The molecule has 0 aliphatic rings. The van der Waals surface area contributed by atoms with Crippen molar-refractivity contribution in [1.82, 2.24) is 0 Å². The summed E-state index contributed by atoms with van der Waals surface area (Å²) in [6.45, 7) is 0.423. The Morgan fingerprint density at radius 3 is 3.27 bits per heavy atom. The minimum absolute atomic E-state index is 0.423. The minimum Gasteiger partial charge on any atom is -0.152 e.